The lowest BCUT2D eigenvalue weighted by atomic mass is 10.2. The predicted octanol–water partition coefficient (Wildman–Crippen LogP) is 3.13. The lowest BCUT2D eigenvalue weighted by Gasteiger charge is -2.03. The van der Waals surface area contributed by atoms with Crippen LogP contribution in [-0.2, 0) is 13.2 Å². The van der Waals surface area contributed by atoms with Gasteiger partial charge in [0.25, 0.3) is 5.89 Å². The summed E-state index contributed by atoms with van der Waals surface area (Å²) < 4.78 is 11.1. The maximum Gasteiger partial charge on any atom is 0.253 e. The van der Waals surface area contributed by atoms with Gasteiger partial charge in [0, 0.05) is 5.69 Å². The van der Waals surface area contributed by atoms with Crippen molar-refractivity contribution in [3.63, 3.8) is 0 Å². The number of ether oxygens (including phenoxy) is 1. The van der Waals surface area contributed by atoms with Crippen LogP contribution in [0.5, 0.6) is 5.75 Å². The van der Waals surface area contributed by atoms with Crippen LogP contribution in [0.1, 0.15) is 17.3 Å². The highest BCUT2D eigenvalue weighted by atomic mass is 16.5. The average molecular weight is 306 g/mol. The van der Waals surface area contributed by atoms with Crippen molar-refractivity contribution in [3.05, 3.63) is 71.9 Å². The normalized spacial score (nSPS) is 10.0. The molecule has 23 heavy (non-hydrogen) atoms. The summed E-state index contributed by atoms with van der Waals surface area (Å²) in [5.41, 5.74) is 1.50. The second-order valence-electron chi connectivity index (χ2n) is 4.73. The standard InChI is InChI=1S/C17H14N4O2/c18-10-13-6-8-14(9-7-13)19-11-16-20-21-17(23-16)12-22-15-4-2-1-3-5-15/h1-9,19H,11-12H2. The Kier molecular flexibility index (Phi) is 4.50. The molecule has 1 aromatic heterocycles. The number of para-hydroxylation sites is 1. The molecule has 6 nitrogen and oxygen atoms in total. The Bertz CT molecular complexity index is 791. The van der Waals surface area contributed by atoms with Crippen LogP contribution >= 0.6 is 0 Å². The molecule has 0 saturated heterocycles. The molecule has 0 radical (unpaired) electrons. The third-order valence-electron chi connectivity index (χ3n) is 3.07. The number of hydrogen-bond donors (Lipinski definition) is 1. The zero-order chi connectivity index (χ0) is 15.9. The number of hydrogen-bond acceptors (Lipinski definition) is 6. The Labute approximate surface area is 133 Å². The second kappa shape index (κ2) is 7.09. The van der Waals surface area contributed by atoms with Crippen molar-refractivity contribution >= 4 is 5.69 Å². The maximum absolute atomic E-state index is 8.76. The zero-order valence-corrected chi connectivity index (χ0v) is 12.3. The Hall–Kier alpha value is -3.33. The number of nitriles is 1. The molecule has 0 aliphatic carbocycles. The summed E-state index contributed by atoms with van der Waals surface area (Å²) in [7, 11) is 0. The Morgan fingerprint density at radius 1 is 1.00 bits per heavy atom. The number of nitrogens with zero attached hydrogens (tertiary/aromatic N) is 3. The highest BCUT2D eigenvalue weighted by molar-refractivity contribution is 5.47. The molecule has 6 heteroatoms. The van der Waals surface area contributed by atoms with Crippen molar-refractivity contribution in [1.29, 1.82) is 5.26 Å². The number of anilines is 1. The van der Waals surface area contributed by atoms with E-state index < -0.39 is 0 Å². The van der Waals surface area contributed by atoms with Crippen LogP contribution in [0.2, 0.25) is 0 Å². The van der Waals surface area contributed by atoms with E-state index in [4.69, 9.17) is 14.4 Å². The van der Waals surface area contributed by atoms with Crippen molar-refractivity contribution in [3.8, 4) is 11.8 Å². The van der Waals surface area contributed by atoms with Gasteiger partial charge >= 0.3 is 0 Å². The fourth-order valence-electron chi connectivity index (χ4n) is 1.92. The SMILES string of the molecule is N#Cc1ccc(NCc2nnc(COc3ccccc3)o2)cc1. The van der Waals surface area contributed by atoms with Crippen LogP contribution in [0.4, 0.5) is 5.69 Å². The van der Waals surface area contributed by atoms with E-state index in [1.54, 1.807) is 12.1 Å². The van der Waals surface area contributed by atoms with Crippen LogP contribution in [-0.4, -0.2) is 10.2 Å². The highest BCUT2D eigenvalue weighted by Gasteiger charge is 2.06. The lowest BCUT2D eigenvalue weighted by Crippen LogP contribution is -1.99. The summed E-state index contributed by atoms with van der Waals surface area (Å²) in [6.45, 7) is 0.637. The molecule has 0 aliphatic heterocycles. The quantitative estimate of drug-likeness (QED) is 0.753. The van der Waals surface area contributed by atoms with Gasteiger partial charge in [0.15, 0.2) is 6.61 Å². The van der Waals surface area contributed by atoms with Gasteiger partial charge in [0.05, 0.1) is 18.2 Å². The smallest absolute Gasteiger partial charge is 0.253 e. The zero-order valence-electron chi connectivity index (χ0n) is 12.3. The summed E-state index contributed by atoms with van der Waals surface area (Å²) >= 11 is 0. The molecule has 0 fully saturated rings. The van der Waals surface area contributed by atoms with E-state index in [2.05, 4.69) is 21.6 Å². The summed E-state index contributed by atoms with van der Waals surface area (Å²) in [6.07, 6.45) is 0. The van der Waals surface area contributed by atoms with Gasteiger partial charge < -0.3 is 14.5 Å². The summed E-state index contributed by atoms with van der Waals surface area (Å²) in [5, 5.41) is 19.8. The van der Waals surface area contributed by atoms with Gasteiger partial charge in [-0.3, -0.25) is 0 Å². The van der Waals surface area contributed by atoms with Crippen molar-refractivity contribution < 1.29 is 9.15 Å². The Balaban J connectivity index is 1.51. The third-order valence-corrected chi connectivity index (χ3v) is 3.07. The highest BCUT2D eigenvalue weighted by Crippen LogP contribution is 2.13. The summed E-state index contributed by atoms with van der Waals surface area (Å²) in [5.74, 6) is 1.65. The van der Waals surface area contributed by atoms with Gasteiger partial charge in [-0.25, -0.2) is 0 Å². The number of rotatable bonds is 6. The fraction of sp³-hybridized carbons (Fsp3) is 0.118. The minimum absolute atomic E-state index is 0.230. The van der Waals surface area contributed by atoms with E-state index in [0.29, 0.717) is 23.9 Å². The molecule has 114 valence electrons. The minimum Gasteiger partial charge on any atom is -0.484 e. The van der Waals surface area contributed by atoms with Gasteiger partial charge in [-0.1, -0.05) is 18.2 Å². The first-order chi connectivity index (χ1) is 11.3. The largest absolute Gasteiger partial charge is 0.484 e. The van der Waals surface area contributed by atoms with E-state index in [0.717, 1.165) is 11.4 Å². The molecule has 0 saturated carbocycles. The Morgan fingerprint density at radius 3 is 2.48 bits per heavy atom. The fourth-order valence-corrected chi connectivity index (χ4v) is 1.92. The molecule has 1 N–H and O–H groups in total. The van der Waals surface area contributed by atoms with Gasteiger partial charge in [-0.15, -0.1) is 10.2 Å². The van der Waals surface area contributed by atoms with Gasteiger partial charge in [-0.05, 0) is 36.4 Å². The van der Waals surface area contributed by atoms with Crippen LogP contribution < -0.4 is 10.1 Å². The molecule has 0 aliphatic rings. The Morgan fingerprint density at radius 2 is 1.74 bits per heavy atom. The molecule has 2 aromatic carbocycles. The van der Waals surface area contributed by atoms with Crippen molar-refractivity contribution in [2.75, 3.05) is 5.32 Å². The van der Waals surface area contributed by atoms with Crippen LogP contribution in [0.15, 0.2) is 59.0 Å². The molecule has 0 amide bonds. The van der Waals surface area contributed by atoms with Crippen molar-refractivity contribution in [2.24, 2.45) is 0 Å². The maximum atomic E-state index is 8.76. The van der Waals surface area contributed by atoms with Crippen LogP contribution in [0.3, 0.4) is 0 Å². The second-order valence-corrected chi connectivity index (χ2v) is 4.73. The molecular weight excluding hydrogens is 292 g/mol. The average Bonchev–Trinajstić information content (AvgIpc) is 3.07. The van der Waals surface area contributed by atoms with E-state index in [1.807, 2.05) is 42.5 Å². The molecule has 0 bridgehead atoms. The number of nitrogens with one attached hydrogen (secondary N) is 1. The minimum atomic E-state index is 0.230. The molecule has 0 unspecified atom stereocenters. The van der Waals surface area contributed by atoms with E-state index in [-0.39, 0.29) is 6.61 Å². The summed E-state index contributed by atoms with van der Waals surface area (Å²) in [4.78, 5) is 0. The van der Waals surface area contributed by atoms with Crippen LogP contribution in [0, 0.1) is 11.3 Å². The molecule has 0 spiro atoms. The van der Waals surface area contributed by atoms with E-state index in [9.17, 15) is 0 Å². The van der Waals surface area contributed by atoms with Gasteiger partial charge in [0.2, 0.25) is 5.89 Å². The first kappa shape index (κ1) is 14.6. The van der Waals surface area contributed by atoms with Crippen molar-refractivity contribution in [1.82, 2.24) is 10.2 Å². The first-order valence-corrected chi connectivity index (χ1v) is 7.06. The lowest BCUT2D eigenvalue weighted by molar-refractivity contribution is 0.259. The third kappa shape index (κ3) is 4.08. The molecule has 3 rings (SSSR count). The monoisotopic (exact) mass is 306 g/mol. The van der Waals surface area contributed by atoms with Gasteiger partial charge in [-0.2, -0.15) is 5.26 Å². The first-order valence-electron chi connectivity index (χ1n) is 7.06. The molecule has 0 atom stereocenters. The van der Waals surface area contributed by atoms with Crippen molar-refractivity contribution in [2.45, 2.75) is 13.2 Å². The molecule has 1 heterocycles. The summed E-state index contributed by atoms with van der Waals surface area (Å²) in [6, 6.07) is 18.7. The molecular formula is C17H14N4O2. The van der Waals surface area contributed by atoms with E-state index in [1.165, 1.54) is 0 Å². The number of aromatic nitrogens is 2. The van der Waals surface area contributed by atoms with Crippen LogP contribution in [0.25, 0.3) is 0 Å². The van der Waals surface area contributed by atoms with E-state index >= 15 is 0 Å². The van der Waals surface area contributed by atoms with Gasteiger partial charge in [0.1, 0.15) is 5.75 Å². The topological polar surface area (TPSA) is 84.0 Å². The predicted molar refractivity (Wildman–Crippen MR) is 83.6 cm³/mol. The molecule has 3 aromatic rings. The number of benzene rings is 2.